The van der Waals surface area contributed by atoms with Crippen molar-refractivity contribution in [3.63, 3.8) is 0 Å². The monoisotopic (exact) mass is 429 g/mol. The second kappa shape index (κ2) is 8.18. The van der Waals surface area contributed by atoms with Crippen molar-refractivity contribution in [2.45, 2.75) is 50.1 Å². The summed E-state index contributed by atoms with van der Waals surface area (Å²) < 4.78 is 44.0. The van der Waals surface area contributed by atoms with Gasteiger partial charge in [-0.2, -0.15) is 4.31 Å². The van der Waals surface area contributed by atoms with Gasteiger partial charge >= 0.3 is 5.97 Å². The first-order valence-electron chi connectivity index (χ1n) is 8.93. The maximum absolute atomic E-state index is 14.4. The Morgan fingerprint density at radius 1 is 1.39 bits per heavy atom. The summed E-state index contributed by atoms with van der Waals surface area (Å²) in [5.41, 5.74) is -0.441. The number of imidazole rings is 1. The molecule has 28 heavy (non-hydrogen) atoms. The molecule has 0 spiro atoms. The number of piperidine rings is 1. The number of carboxylic acid groups (broad SMARTS) is 1. The first-order valence-corrected chi connectivity index (χ1v) is 10.8. The average molecular weight is 430 g/mol. The topological polar surface area (TPSA) is 92.5 Å². The third-order valence-corrected chi connectivity index (χ3v) is 7.32. The minimum atomic E-state index is -4.20. The molecule has 1 aromatic carbocycles. The van der Waals surface area contributed by atoms with E-state index in [0.717, 1.165) is 24.4 Å². The van der Waals surface area contributed by atoms with Gasteiger partial charge in [-0.1, -0.05) is 18.0 Å². The molecule has 10 heteroatoms. The Labute approximate surface area is 167 Å². The van der Waals surface area contributed by atoms with Crippen molar-refractivity contribution in [2.24, 2.45) is 0 Å². The number of benzene rings is 1. The van der Waals surface area contributed by atoms with Gasteiger partial charge in [0, 0.05) is 31.5 Å². The second-order valence-corrected chi connectivity index (χ2v) is 9.06. The van der Waals surface area contributed by atoms with Gasteiger partial charge in [0.2, 0.25) is 10.0 Å². The molecular formula is C18H21ClFN3O4S. The van der Waals surface area contributed by atoms with Crippen molar-refractivity contribution in [1.29, 1.82) is 0 Å². The molecule has 1 atom stereocenters. The summed E-state index contributed by atoms with van der Waals surface area (Å²) in [6, 6.07) is 1.25. The van der Waals surface area contributed by atoms with Crippen LogP contribution in [0.25, 0.3) is 0 Å². The van der Waals surface area contributed by atoms with Gasteiger partial charge in [0.1, 0.15) is 16.5 Å². The van der Waals surface area contributed by atoms with Crippen LogP contribution in [0.1, 0.15) is 41.9 Å². The number of aryl methyl sites for hydroxylation is 2. The first kappa shape index (κ1) is 20.8. The average Bonchev–Trinajstić information content (AvgIpc) is 3.04. The molecule has 1 unspecified atom stereocenters. The summed E-state index contributed by atoms with van der Waals surface area (Å²) in [4.78, 5) is 14.8. The zero-order valence-electron chi connectivity index (χ0n) is 15.3. The number of aromatic carboxylic acids is 1. The molecule has 1 aliphatic rings. The Bertz CT molecular complexity index is 993. The first-order chi connectivity index (χ1) is 13.2. The fourth-order valence-corrected chi connectivity index (χ4v) is 5.55. The van der Waals surface area contributed by atoms with Crippen molar-refractivity contribution in [3.05, 3.63) is 46.8 Å². The van der Waals surface area contributed by atoms with Gasteiger partial charge in [0.05, 0.1) is 10.6 Å². The molecule has 7 nitrogen and oxygen atoms in total. The minimum Gasteiger partial charge on any atom is -0.478 e. The smallest absolute Gasteiger partial charge is 0.337 e. The molecule has 1 saturated heterocycles. The van der Waals surface area contributed by atoms with E-state index in [-0.39, 0.29) is 17.6 Å². The largest absolute Gasteiger partial charge is 0.478 e. The number of rotatable bonds is 6. The highest BCUT2D eigenvalue weighted by molar-refractivity contribution is 7.89. The molecular weight excluding hydrogens is 409 g/mol. The molecule has 0 saturated carbocycles. The highest BCUT2D eigenvalue weighted by Crippen LogP contribution is 2.31. The standard InChI is InChI=1S/C18H21ClFN3O4S/c1-12-21-6-9-22(12)8-5-13-4-2-3-7-23(13)28(26,27)17-10-14(18(24)25)15(19)11-16(17)20/h6,9-11,13H,2-5,7-8H2,1H3,(H,24,25). The fraction of sp³-hybridized carbons (Fsp3) is 0.444. The van der Waals surface area contributed by atoms with E-state index in [1.165, 1.54) is 4.31 Å². The van der Waals surface area contributed by atoms with Gasteiger partial charge in [-0.05, 0) is 38.3 Å². The molecule has 152 valence electrons. The minimum absolute atomic E-state index is 0.264. The van der Waals surface area contributed by atoms with Crippen LogP contribution in [-0.4, -0.2) is 45.9 Å². The lowest BCUT2D eigenvalue weighted by Gasteiger charge is -2.35. The van der Waals surface area contributed by atoms with Crippen LogP contribution >= 0.6 is 11.6 Å². The van der Waals surface area contributed by atoms with E-state index in [1.807, 2.05) is 17.7 Å². The maximum Gasteiger partial charge on any atom is 0.337 e. The van der Waals surface area contributed by atoms with E-state index >= 15 is 0 Å². The molecule has 3 rings (SSSR count). The van der Waals surface area contributed by atoms with Crippen LogP contribution in [0.3, 0.4) is 0 Å². The number of hydrogen-bond donors (Lipinski definition) is 1. The Hall–Kier alpha value is -1.97. The van der Waals surface area contributed by atoms with Gasteiger partial charge < -0.3 is 9.67 Å². The van der Waals surface area contributed by atoms with Gasteiger partial charge in [-0.15, -0.1) is 0 Å². The number of hydrogen-bond acceptors (Lipinski definition) is 4. The normalized spacial score (nSPS) is 18.3. The van der Waals surface area contributed by atoms with Crippen LogP contribution < -0.4 is 0 Å². The van der Waals surface area contributed by atoms with Gasteiger partial charge in [0.25, 0.3) is 0 Å². The third kappa shape index (κ3) is 4.06. The summed E-state index contributed by atoms with van der Waals surface area (Å²) in [5, 5.41) is 8.86. The lowest BCUT2D eigenvalue weighted by Crippen LogP contribution is -2.44. The number of carboxylic acids is 1. The molecule has 0 amide bonds. The SMILES string of the molecule is Cc1nccn1CCC1CCCCN1S(=O)(=O)c1cc(C(=O)O)c(Cl)cc1F. The zero-order chi connectivity index (χ0) is 20.5. The molecule has 1 fully saturated rings. The number of carbonyl (C=O) groups is 1. The van der Waals surface area contributed by atoms with Crippen LogP contribution in [0.15, 0.2) is 29.4 Å². The Kier molecular flexibility index (Phi) is 6.07. The molecule has 2 aromatic rings. The Morgan fingerprint density at radius 2 is 2.14 bits per heavy atom. The number of nitrogens with zero attached hydrogens (tertiary/aromatic N) is 3. The van der Waals surface area contributed by atoms with E-state index in [2.05, 4.69) is 4.98 Å². The lowest BCUT2D eigenvalue weighted by atomic mass is 10.0. The third-order valence-electron chi connectivity index (χ3n) is 5.04. The Balaban J connectivity index is 1.91. The van der Waals surface area contributed by atoms with E-state index in [0.29, 0.717) is 25.8 Å². The lowest BCUT2D eigenvalue weighted by molar-refractivity contribution is 0.0696. The molecule has 0 bridgehead atoms. The van der Waals surface area contributed by atoms with Gasteiger partial charge in [-0.3, -0.25) is 0 Å². The fourth-order valence-electron chi connectivity index (χ4n) is 3.52. The molecule has 1 aliphatic heterocycles. The molecule has 1 N–H and O–H groups in total. The van der Waals surface area contributed by atoms with Gasteiger partial charge in [0.15, 0.2) is 0 Å². The van der Waals surface area contributed by atoms with Crippen molar-refractivity contribution < 1.29 is 22.7 Å². The van der Waals surface area contributed by atoms with Crippen molar-refractivity contribution >= 4 is 27.6 Å². The summed E-state index contributed by atoms with van der Waals surface area (Å²) in [5.74, 6) is -1.63. The summed E-state index contributed by atoms with van der Waals surface area (Å²) >= 11 is 5.74. The van der Waals surface area contributed by atoms with Crippen molar-refractivity contribution in [3.8, 4) is 0 Å². The highest BCUT2D eigenvalue weighted by atomic mass is 35.5. The van der Waals surface area contributed by atoms with Crippen molar-refractivity contribution in [2.75, 3.05) is 6.54 Å². The van der Waals surface area contributed by atoms with Crippen LogP contribution in [0.2, 0.25) is 5.02 Å². The van der Waals surface area contributed by atoms with Gasteiger partial charge in [-0.25, -0.2) is 22.6 Å². The molecule has 2 heterocycles. The van der Waals surface area contributed by atoms with Crippen molar-refractivity contribution in [1.82, 2.24) is 13.9 Å². The molecule has 1 aromatic heterocycles. The van der Waals surface area contributed by atoms with E-state index in [9.17, 15) is 22.7 Å². The predicted octanol–water partition coefficient (Wildman–Crippen LogP) is 3.32. The predicted molar refractivity (Wildman–Crippen MR) is 101 cm³/mol. The molecule has 0 radical (unpaired) electrons. The number of sulfonamides is 1. The highest BCUT2D eigenvalue weighted by Gasteiger charge is 2.36. The van der Waals surface area contributed by atoms with Crippen LogP contribution in [0, 0.1) is 12.7 Å². The zero-order valence-corrected chi connectivity index (χ0v) is 16.9. The molecule has 0 aliphatic carbocycles. The van der Waals surface area contributed by atoms with E-state index in [4.69, 9.17) is 11.6 Å². The number of halogens is 2. The van der Waals surface area contributed by atoms with E-state index < -0.39 is 32.3 Å². The van der Waals surface area contributed by atoms with Crippen LogP contribution in [0.5, 0.6) is 0 Å². The van der Waals surface area contributed by atoms with E-state index in [1.54, 1.807) is 6.20 Å². The summed E-state index contributed by atoms with van der Waals surface area (Å²) in [6.07, 6.45) is 6.27. The maximum atomic E-state index is 14.4. The number of aromatic nitrogens is 2. The quantitative estimate of drug-likeness (QED) is 0.760. The van der Waals surface area contributed by atoms with Crippen LogP contribution in [-0.2, 0) is 16.6 Å². The second-order valence-electron chi connectivity index (χ2n) is 6.79. The summed E-state index contributed by atoms with van der Waals surface area (Å²) in [7, 11) is -4.20. The van der Waals surface area contributed by atoms with Crippen LogP contribution in [0.4, 0.5) is 4.39 Å². The Morgan fingerprint density at radius 3 is 2.79 bits per heavy atom. The summed E-state index contributed by atoms with van der Waals surface area (Å²) in [6.45, 7) is 2.72.